The van der Waals surface area contributed by atoms with Crippen molar-refractivity contribution >= 4 is 23.1 Å². The van der Waals surface area contributed by atoms with Gasteiger partial charge in [-0.25, -0.2) is 9.37 Å². The largest absolute Gasteiger partial charge is 0.397 e. The molecule has 0 spiro atoms. The predicted molar refractivity (Wildman–Crippen MR) is 71.6 cm³/mol. The lowest BCUT2D eigenvalue weighted by molar-refractivity contribution is 0.100. The van der Waals surface area contributed by atoms with Crippen LogP contribution in [-0.2, 0) is 0 Å². The number of amides is 1. The Balaban J connectivity index is 2.37. The van der Waals surface area contributed by atoms with Gasteiger partial charge in [-0.3, -0.25) is 4.79 Å². The number of nitrogen functional groups attached to an aromatic ring is 1. The normalized spacial score (nSPS) is 10.2. The van der Waals surface area contributed by atoms with Crippen LogP contribution in [0.3, 0.4) is 0 Å². The first-order valence-corrected chi connectivity index (χ1v) is 5.56. The summed E-state index contributed by atoms with van der Waals surface area (Å²) in [6, 6.07) is 5.93. The van der Waals surface area contributed by atoms with Crippen molar-refractivity contribution in [2.24, 2.45) is 5.73 Å². The number of carbonyl (C=O) groups excluding carboxylic acids is 1. The molecule has 1 aromatic carbocycles. The van der Waals surface area contributed by atoms with E-state index < -0.39 is 5.91 Å². The number of hydrogen-bond donors (Lipinski definition) is 3. The quantitative estimate of drug-likeness (QED) is 0.786. The topological polar surface area (TPSA) is 94.0 Å². The minimum atomic E-state index is -0.638. The average Bonchev–Trinajstić information content (AvgIpc) is 2.36. The molecule has 2 aromatic rings. The lowest BCUT2D eigenvalue weighted by Gasteiger charge is -2.10. The van der Waals surface area contributed by atoms with Crippen molar-refractivity contribution in [1.82, 2.24) is 4.98 Å². The van der Waals surface area contributed by atoms with E-state index in [1.165, 1.54) is 18.3 Å². The van der Waals surface area contributed by atoms with Gasteiger partial charge in [-0.2, -0.15) is 0 Å². The number of nitrogens with zero attached hydrogens (tertiary/aromatic N) is 1. The third kappa shape index (κ3) is 2.79. The summed E-state index contributed by atoms with van der Waals surface area (Å²) in [4.78, 5) is 15.3. The summed E-state index contributed by atoms with van der Waals surface area (Å²) >= 11 is 0. The highest BCUT2D eigenvalue weighted by Gasteiger charge is 2.11. The lowest BCUT2D eigenvalue weighted by atomic mass is 10.2. The number of primary amides is 1. The highest BCUT2D eigenvalue weighted by molar-refractivity contribution is 5.99. The van der Waals surface area contributed by atoms with E-state index in [-0.39, 0.29) is 17.2 Å². The average molecular weight is 260 g/mol. The number of aryl methyl sites for hydroxylation is 1. The molecule has 1 amide bonds. The molecule has 1 heterocycles. The van der Waals surface area contributed by atoms with E-state index in [4.69, 9.17) is 11.5 Å². The van der Waals surface area contributed by atoms with Crippen LogP contribution < -0.4 is 16.8 Å². The maximum atomic E-state index is 13.2. The van der Waals surface area contributed by atoms with Crippen LogP contribution in [0.5, 0.6) is 0 Å². The zero-order valence-corrected chi connectivity index (χ0v) is 10.3. The van der Waals surface area contributed by atoms with E-state index >= 15 is 0 Å². The smallest absolute Gasteiger partial charge is 0.252 e. The van der Waals surface area contributed by atoms with Crippen molar-refractivity contribution in [3.8, 4) is 0 Å². The van der Waals surface area contributed by atoms with Gasteiger partial charge < -0.3 is 16.8 Å². The van der Waals surface area contributed by atoms with Crippen LogP contribution in [0.2, 0.25) is 0 Å². The number of carbonyl (C=O) groups is 1. The van der Waals surface area contributed by atoms with Gasteiger partial charge in [0.25, 0.3) is 5.91 Å². The van der Waals surface area contributed by atoms with Gasteiger partial charge in [0.2, 0.25) is 0 Å². The Labute approximate surface area is 109 Å². The Bertz CT molecular complexity index is 643. The van der Waals surface area contributed by atoms with Gasteiger partial charge >= 0.3 is 0 Å². The maximum absolute atomic E-state index is 13.2. The molecule has 0 aliphatic heterocycles. The Morgan fingerprint density at radius 2 is 2.11 bits per heavy atom. The second-order valence-electron chi connectivity index (χ2n) is 4.12. The van der Waals surface area contributed by atoms with Crippen molar-refractivity contribution in [2.75, 3.05) is 11.1 Å². The standard InChI is InChI=1S/C13H13FN4O/c1-7-4-9(2-3-11(7)14)18-13-10(12(16)19)5-8(15)6-17-13/h2-6H,15H2,1H3,(H2,16,19)(H,17,18). The van der Waals surface area contributed by atoms with Crippen molar-refractivity contribution in [2.45, 2.75) is 6.92 Å². The molecule has 0 aliphatic rings. The third-order valence-electron chi connectivity index (χ3n) is 2.59. The first-order chi connectivity index (χ1) is 8.97. The number of nitrogens with one attached hydrogen (secondary N) is 1. The molecule has 19 heavy (non-hydrogen) atoms. The van der Waals surface area contributed by atoms with Crippen molar-refractivity contribution < 1.29 is 9.18 Å². The van der Waals surface area contributed by atoms with Crippen LogP contribution in [0.15, 0.2) is 30.5 Å². The molecule has 1 aromatic heterocycles. The Morgan fingerprint density at radius 3 is 2.74 bits per heavy atom. The Kier molecular flexibility index (Phi) is 3.33. The molecule has 5 N–H and O–H groups in total. The molecular formula is C13H13FN4O. The molecule has 98 valence electrons. The number of halogens is 1. The molecule has 6 heteroatoms. The highest BCUT2D eigenvalue weighted by atomic mass is 19.1. The van der Waals surface area contributed by atoms with Crippen molar-refractivity contribution in [3.05, 3.63) is 47.4 Å². The van der Waals surface area contributed by atoms with Crippen molar-refractivity contribution in [3.63, 3.8) is 0 Å². The number of anilines is 3. The monoisotopic (exact) mass is 260 g/mol. The number of benzene rings is 1. The molecule has 0 unspecified atom stereocenters. The molecule has 5 nitrogen and oxygen atoms in total. The maximum Gasteiger partial charge on any atom is 0.252 e. The Hall–Kier alpha value is -2.63. The predicted octanol–water partition coefficient (Wildman–Crippen LogP) is 1.95. The third-order valence-corrected chi connectivity index (χ3v) is 2.59. The van der Waals surface area contributed by atoms with Crippen LogP contribution >= 0.6 is 0 Å². The Morgan fingerprint density at radius 1 is 1.37 bits per heavy atom. The molecule has 0 saturated carbocycles. The summed E-state index contributed by atoms with van der Waals surface area (Å²) in [5.74, 6) is -0.653. The summed E-state index contributed by atoms with van der Waals surface area (Å²) < 4.78 is 13.2. The molecule has 0 saturated heterocycles. The van der Waals surface area contributed by atoms with Gasteiger partial charge in [0.1, 0.15) is 11.6 Å². The molecule has 0 atom stereocenters. The van der Waals surface area contributed by atoms with Crippen LogP contribution in [0.4, 0.5) is 21.6 Å². The SMILES string of the molecule is Cc1cc(Nc2ncc(N)cc2C(N)=O)ccc1F. The summed E-state index contributed by atoms with van der Waals surface area (Å²) in [6.45, 7) is 1.64. The van der Waals surface area contributed by atoms with Gasteiger partial charge in [-0.15, -0.1) is 0 Å². The van der Waals surface area contributed by atoms with Crippen LogP contribution in [0.1, 0.15) is 15.9 Å². The van der Waals surface area contributed by atoms with E-state index in [9.17, 15) is 9.18 Å². The number of rotatable bonds is 3. The molecule has 0 bridgehead atoms. The van der Waals surface area contributed by atoms with Crippen LogP contribution in [0, 0.1) is 12.7 Å². The van der Waals surface area contributed by atoms with Gasteiger partial charge in [0, 0.05) is 5.69 Å². The summed E-state index contributed by atoms with van der Waals surface area (Å²) in [5.41, 5.74) is 12.4. The van der Waals surface area contributed by atoms with Crippen LogP contribution in [-0.4, -0.2) is 10.9 Å². The fourth-order valence-corrected chi connectivity index (χ4v) is 1.63. The van der Waals surface area contributed by atoms with E-state index in [1.807, 2.05) is 0 Å². The summed E-state index contributed by atoms with van der Waals surface area (Å²) in [7, 11) is 0. The first kappa shape index (κ1) is 12.8. The zero-order valence-electron chi connectivity index (χ0n) is 10.3. The van der Waals surface area contributed by atoms with Gasteiger partial charge in [0.05, 0.1) is 17.4 Å². The van der Waals surface area contributed by atoms with Gasteiger partial charge in [-0.05, 0) is 36.8 Å². The molecule has 2 rings (SSSR count). The summed E-state index contributed by atoms with van der Waals surface area (Å²) in [5, 5.41) is 2.91. The molecular weight excluding hydrogens is 247 g/mol. The van der Waals surface area contributed by atoms with E-state index in [2.05, 4.69) is 10.3 Å². The zero-order chi connectivity index (χ0) is 14.0. The first-order valence-electron chi connectivity index (χ1n) is 5.56. The molecule has 0 radical (unpaired) electrons. The number of pyridine rings is 1. The van der Waals surface area contributed by atoms with E-state index in [1.54, 1.807) is 19.1 Å². The van der Waals surface area contributed by atoms with Gasteiger partial charge in [-0.1, -0.05) is 0 Å². The second-order valence-corrected chi connectivity index (χ2v) is 4.12. The molecule has 0 aliphatic carbocycles. The van der Waals surface area contributed by atoms with E-state index in [0.29, 0.717) is 16.9 Å². The number of aromatic nitrogens is 1. The fraction of sp³-hybridized carbons (Fsp3) is 0.0769. The minimum Gasteiger partial charge on any atom is -0.397 e. The molecule has 0 fully saturated rings. The number of nitrogens with two attached hydrogens (primary N) is 2. The van der Waals surface area contributed by atoms with E-state index in [0.717, 1.165) is 0 Å². The van der Waals surface area contributed by atoms with Crippen LogP contribution in [0.25, 0.3) is 0 Å². The summed E-state index contributed by atoms with van der Waals surface area (Å²) in [6.07, 6.45) is 1.41. The number of hydrogen-bond acceptors (Lipinski definition) is 4. The fourth-order valence-electron chi connectivity index (χ4n) is 1.63. The highest BCUT2D eigenvalue weighted by Crippen LogP contribution is 2.21. The van der Waals surface area contributed by atoms with Gasteiger partial charge in [0.15, 0.2) is 0 Å². The van der Waals surface area contributed by atoms with Crippen molar-refractivity contribution in [1.29, 1.82) is 0 Å². The lowest BCUT2D eigenvalue weighted by Crippen LogP contribution is -2.14. The minimum absolute atomic E-state index is 0.182. The second kappa shape index (κ2) is 4.93.